The zero-order chi connectivity index (χ0) is 18.8. The van der Waals surface area contributed by atoms with Gasteiger partial charge in [0, 0.05) is 21.8 Å². The minimum absolute atomic E-state index is 0.00190. The third-order valence-corrected chi connectivity index (χ3v) is 5.05. The number of hydrogen-bond donors (Lipinski definition) is 1. The second kappa shape index (κ2) is 7.88. The summed E-state index contributed by atoms with van der Waals surface area (Å²) in [6.45, 7) is 2.09. The molecule has 0 spiro atoms. The molecule has 2 heterocycles. The van der Waals surface area contributed by atoms with Gasteiger partial charge in [-0.1, -0.05) is 52.5 Å². The fourth-order valence-corrected chi connectivity index (χ4v) is 3.15. The molecule has 0 saturated carbocycles. The lowest BCUT2D eigenvalue weighted by atomic mass is 10.2. The van der Waals surface area contributed by atoms with Crippen LogP contribution in [0.25, 0.3) is 0 Å². The zero-order valence-corrected chi connectivity index (χ0v) is 16.5. The zero-order valence-electron chi connectivity index (χ0n) is 13.5. The van der Waals surface area contributed by atoms with Gasteiger partial charge in [-0.2, -0.15) is 10.2 Å². The topological polar surface area (TPSA) is 64.7 Å². The van der Waals surface area contributed by atoms with Crippen molar-refractivity contribution in [1.29, 1.82) is 0 Å². The molecule has 0 aliphatic rings. The molecule has 3 rings (SSSR count). The predicted octanol–water partition coefficient (Wildman–Crippen LogP) is 4.69. The Morgan fingerprint density at radius 2 is 1.81 bits per heavy atom. The van der Waals surface area contributed by atoms with Gasteiger partial charge in [-0.05, 0) is 19.1 Å². The molecule has 136 valence electrons. The average molecular weight is 433 g/mol. The Balaban J connectivity index is 1.72. The second-order valence-electron chi connectivity index (χ2n) is 5.51. The molecule has 0 aliphatic heterocycles. The summed E-state index contributed by atoms with van der Waals surface area (Å²) in [5.74, 6) is -0.0773. The van der Waals surface area contributed by atoms with Crippen LogP contribution >= 0.6 is 46.4 Å². The quantitative estimate of drug-likeness (QED) is 0.635. The highest BCUT2D eigenvalue weighted by Gasteiger charge is 2.14. The Hall–Kier alpha value is -1.73. The number of nitrogens with one attached hydrogen (secondary N) is 1. The van der Waals surface area contributed by atoms with E-state index in [1.54, 1.807) is 36.0 Å². The predicted molar refractivity (Wildman–Crippen MR) is 103 cm³/mol. The van der Waals surface area contributed by atoms with Crippen molar-refractivity contribution in [3.63, 3.8) is 0 Å². The van der Waals surface area contributed by atoms with Gasteiger partial charge >= 0.3 is 0 Å². The molecule has 1 N–H and O–H groups in total. The normalized spacial score (nSPS) is 11.0. The monoisotopic (exact) mass is 431 g/mol. The SMILES string of the molecule is Cc1c(Cl)cnn1CC(=O)Nc1nn(Cc2c(Cl)cccc2Cl)cc1Cl. The van der Waals surface area contributed by atoms with Crippen LogP contribution in [0.15, 0.2) is 30.6 Å². The second-order valence-corrected chi connectivity index (χ2v) is 7.14. The third kappa shape index (κ3) is 4.15. The molecule has 0 radical (unpaired) electrons. The van der Waals surface area contributed by atoms with Gasteiger partial charge in [-0.25, -0.2) is 0 Å². The van der Waals surface area contributed by atoms with Gasteiger partial charge in [0.2, 0.25) is 5.91 Å². The van der Waals surface area contributed by atoms with E-state index in [9.17, 15) is 4.79 Å². The molecule has 0 bridgehead atoms. The van der Waals surface area contributed by atoms with Crippen molar-refractivity contribution in [3.8, 4) is 0 Å². The van der Waals surface area contributed by atoms with Gasteiger partial charge in [-0.3, -0.25) is 14.2 Å². The smallest absolute Gasteiger partial charge is 0.247 e. The van der Waals surface area contributed by atoms with E-state index in [0.717, 1.165) is 5.56 Å². The van der Waals surface area contributed by atoms with Crippen molar-refractivity contribution in [3.05, 3.63) is 61.9 Å². The summed E-state index contributed by atoms with van der Waals surface area (Å²) in [5, 5.41) is 12.8. The van der Waals surface area contributed by atoms with E-state index in [2.05, 4.69) is 15.5 Å². The van der Waals surface area contributed by atoms with Gasteiger partial charge in [0.25, 0.3) is 0 Å². The van der Waals surface area contributed by atoms with E-state index in [1.165, 1.54) is 10.9 Å². The van der Waals surface area contributed by atoms with Crippen LogP contribution in [0.5, 0.6) is 0 Å². The minimum Gasteiger partial charge on any atom is -0.306 e. The van der Waals surface area contributed by atoms with Crippen molar-refractivity contribution in [1.82, 2.24) is 19.6 Å². The summed E-state index contributed by atoms with van der Waals surface area (Å²) in [6, 6.07) is 5.25. The van der Waals surface area contributed by atoms with Crippen LogP contribution in [0.1, 0.15) is 11.3 Å². The Morgan fingerprint density at radius 3 is 2.42 bits per heavy atom. The molecule has 2 aromatic heterocycles. The number of anilines is 1. The number of amides is 1. The van der Waals surface area contributed by atoms with Crippen LogP contribution in [-0.2, 0) is 17.9 Å². The summed E-state index contributed by atoms with van der Waals surface area (Å²) in [7, 11) is 0. The minimum atomic E-state index is -0.323. The first kappa shape index (κ1) is 19.0. The van der Waals surface area contributed by atoms with Gasteiger partial charge in [0.15, 0.2) is 5.82 Å². The van der Waals surface area contributed by atoms with Crippen LogP contribution in [0.3, 0.4) is 0 Å². The van der Waals surface area contributed by atoms with Crippen molar-refractivity contribution in [2.24, 2.45) is 0 Å². The van der Waals surface area contributed by atoms with Gasteiger partial charge < -0.3 is 5.32 Å². The number of benzene rings is 1. The largest absolute Gasteiger partial charge is 0.306 e. The molecule has 0 unspecified atom stereocenters. The highest BCUT2D eigenvalue weighted by atomic mass is 35.5. The molecule has 1 aromatic carbocycles. The van der Waals surface area contributed by atoms with Crippen LogP contribution in [0.4, 0.5) is 5.82 Å². The Kier molecular flexibility index (Phi) is 5.77. The van der Waals surface area contributed by atoms with Gasteiger partial charge in [0.05, 0.1) is 23.5 Å². The first-order valence-electron chi connectivity index (χ1n) is 7.48. The molecule has 26 heavy (non-hydrogen) atoms. The molecule has 0 saturated heterocycles. The lowest BCUT2D eigenvalue weighted by molar-refractivity contribution is -0.117. The summed E-state index contributed by atoms with van der Waals surface area (Å²) < 4.78 is 3.05. The Morgan fingerprint density at radius 1 is 1.12 bits per heavy atom. The first-order chi connectivity index (χ1) is 12.3. The number of rotatable bonds is 5. The first-order valence-corrected chi connectivity index (χ1v) is 9.00. The van der Waals surface area contributed by atoms with Crippen LogP contribution in [0.2, 0.25) is 20.1 Å². The highest BCUT2D eigenvalue weighted by molar-refractivity contribution is 6.36. The van der Waals surface area contributed by atoms with Crippen LogP contribution < -0.4 is 5.32 Å². The Labute approximate surface area is 169 Å². The van der Waals surface area contributed by atoms with E-state index >= 15 is 0 Å². The standard InChI is InChI=1S/C16H13Cl4N5O/c1-9-13(19)5-21-25(9)8-15(26)22-16-14(20)7-24(23-16)6-10-11(17)3-2-4-12(10)18/h2-5,7H,6,8H2,1H3,(H,22,23,26). The number of carbonyl (C=O) groups is 1. The fourth-order valence-electron chi connectivity index (χ4n) is 2.30. The molecule has 6 nitrogen and oxygen atoms in total. The molecule has 1 amide bonds. The summed E-state index contributed by atoms with van der Waals surface area (Å²) in [4.78, 5) is 12.2. The number of hydrogen-bond acceptors (Lipinski definition) is 3. The number of halogens is 4. The van der Waals surface area contributed by atoms with Gasteiger partial charge in [0.1, 0.15) is 11.6 Å². The molecule has 0 fully saturated rings. The fraction of sp³-hybridized carbons (Fsp3) is 0.188. The van der Waals surface area contributed by atoms with Crippen molar-refractivity contribution in [2.75, 3.05) is 5.32 Å². The van der Waals surface area contributed by atoms with E-state index in [-0.39, 0.29) is 18.3 Å². The van der Waals surface area contributed by atoms with Gasteiger partial charge in [-0.15, -0.1) is 0 Å². The molecular weight excluding hydrogens is 420 g/mol. The lowest BCUT2D eigenvalue weighted by Crippen LogP contribution is -2.20. The molecule has 10 heteroatoms. The molecule has 0 atom stereocenters. The maximum Gasteiger partial charge on any atom is 0.247 e. The summed E-state index contributed by atoms with van der Waals surface area (Å²) >= 11 is 24.4. The van der Waals surface area contributed by atoms with Crippen molar-refractivity contribution < 1.29 is 4.79 Å². The lowest BCUT2D eigenvalue weighted by Gasteiger charge is -2.07. The third-order valence-electron chi connectivity index (χ3n) is 3.69. The highest BCUT2D eigenvalue weighted by Crippen LogP contribution is 2.27. The van der Waals surface area contributed by atoms with Crippen LogP contribution in [0, 0.1) is 6.92 Å². The van der Waals surface area contributed by atoms with E-state index < -0.39 is 0 Å². The van der Waals surface area contributed by atoms with Crippen LogP contribution in [-0.4, -0.2) is 25.5 Å². The van der Waals surface area contributed by atoms with Crippen molar-refractivity contribution in [2.45, 2.75) is 20.0 Å². The average Bonchev–Trinajstić information content (AvgIpc) is 3.08. The maximum atomic E-state index is 12.2. The molecule has 0 aliphatic carbocycles. The van der Waals surface area contributed by atoms with E-state index in [0.29, 0.717) is 32.3 Å². The molecule has 3 aromatic rings. The number of nitrogens with zero attached hydrogens (tertiary/aromatic N) is 4. The number of carbonyl (C=O) groups excluding carboxylic acids is 1. The Bertz CT molecular complexity index is 945. The summed E-state index contributed by atoms with van der Waals surface area (Å²) in [5.41, 5.74) is 1.42. The molecular formula is C16H13Cl4N5O. The maximum absolute atomic E-state index is 12.2. The van der Waals surface area contributed by atoms with E-state index in [1.807, 2.05) is 0 Å². The number of aromatic nitrogens is 4. The summed E-state index contributed by atoms with van der Waals surface area (Å²) in [6.07, 6.45) is 3.08. The van der Waals surface area contributed by atoms with E-state index in [4.69, 9.17) is 46.4 Å². The van der Waals surface area contributed by atoms with Crippen molar-refractivity contribution >= 4 is 58.1 Å².